The van der Waals surface area contributed by atoms with Crippen LogP contribution in [0.2, 0.25) is 0 Å². The van der Waals surface area contributed by atoms with E-state index < -0.39 is 0 Å². The highest BCUT2D eigenvalue weighted by Crippen LogP contribution is 2.44. The van der Waals surface area contributed by atoms with Crippen LogP contribution < -0.4 is 4.90 Å². The van der Waals surface area contributed by atoms with E-state index >= 15 is 0 Å². The van der Waals surface area contributed by atoms with Crippen molar-refractivity contribution in [3.05, 3.63) is 146 Å². The smallest absolute Gasteiger partial charge is 0.227 e. The normalized spacial score (nSPS) is 11.7. The van der Waals surface area contributed by atoms with E-state index in [0.717, 1.165) is 71.7 Å². The van der Waals surface area contributed by atoms with E-state index in [1.165, 1.54) is 5.56 Å². The summed E-state index contributed by atoms with van der Waals surface area (Å²) in [7, 11) is 0. The molecule has 43 heavy (non-hydrogen) atoms. The second kappa shape index (κ2) is 9.33. The Labute approximate surface area is 247 Å². The van der Waals surface area contributed by atoms with Crippen LogP contribution in [0, 0.1) is 0 Å². The van der Waals surface area contributed by atoms with Gasteiger partial charge in [0.15, 0.2) is 5.58 Å². The Morgan fingerprint density at radius 1 is 0.465 bits per heavy atom. The van der Waals surface area contributed by atoms with E-state index in [2.05, 4.69) is 125 Å². The molecule has 9 aromatic rings. The number of benzene rings is 6. The molecule has 3 aromatic heterocycles. The van der Waals surface area contributed by atoms with Crippen molar-refractivity contribution in [2.45, 2.75) is 0 Å². The lowest BCUT2D eigenvalue weighted by Gasteiger charge is -2.26. The molecule has 6 aromatic carbocycles. The predicted octanol–water partition coefficient (Wildman–Crippen LogP) is 11.2. The molecule has 0 bridgehead atoms. The molecule has 0 amide bonds. The third-order valence-electron chi connectivity index (χ3n) is 8.31. The van der Waals surface area contributed by atoms with Crippen molar-refractivity contribution in [1.82, 2.24) is 4.98 Å². The first-order valence-corrected chi connectivity index (χ1v) is 14.4. The van der Waals surface area contributed by atoms with E-state index in [-0.39, 0.29) is 0 Å². The molecular weight excluding hydrogens is 528 g/mol. The van der Waals surface area contributed by atoms with Gasteiger partial charge in [-0.3, -0.25) is 0 Å². The fraction of sp³-hybridized carbons (Fsp3) is 0. The summed E-state index contributed by atoms with van der Waals surface area (Å²) in [5, 5.41) is 6.44. The maximum Gasteiger partial charge on any atom is 0.227 e. The van der Waals surface area contributed by atoms with E-state index in [4.69, 9.17) is 8.83 Å². The summed E-state index contributed by atoms with van der Waals surface area (Å²) in [6.07, 6.45) is 1.77. The van der Waals surface area contributed by atoms with Crippen LogP contribution in [0.25, 0.3) is 65.9 Å². The fourth-order valence-electron chi connectivity index (χ4n) is 6.31. The summed E-state index contributed by atoms with van der Waals surface area (Å²) in [6.45, 7) is 0. The first-order chi connectivity index (χ1) is 21.3. The number of hydrogen-bond acceptors (Lipinski definition) is 4. The first kappa shape index (κ1) is 23.8. The lowest BCUT2D eigenvalue weighted by Crippen LogP contribution is -2.10. The van der Waals surface area contributed by atoms with Crippen LogP contribution in [0.3, 0.4) is 0 Å². The minimum atomic E-state index is 0.657. The molecule has 0 saturated carbocycles. The zero-order chi connectivity index (χ0) is 28.3. The van der Waals surface area contributed by atoms with E-state index in [9.17, 15) is 0 Å². The molecule has 0 fully saturated rings. The molecule has 3 heterocycles. The van der Waals surface area contributed by atoms with Gasteiger partial charge in [0.2, 0.25) is 5.71 Å². The SMILES string of the molecule is c1ccc(-c2cccc(N(c3ccc4c(ccc5c6cccnc6oc45)c3)c3cccc4c3oc3ccccc34)c2)cc1. The highest BCUT2D eigenvalue weighted by atomic mass is 16.3. The average Bonchev–Trinajstić information content (AvgIpc) is 3.65. The predicted molar refractivity (Wildman–Crippen MR) is 176 cm³/mol. The third kappa shape index (κ3) is 3.74. The van der Waals surface area contributed by atoms with Crippen LogP contribution >= 0.6 is 0 Å². The molecule has 0 aliphatic carbocycles. The Balaban J connectivity index is 1.29. The van der Waals surface area contributed by atoms with Crippen LogP contribution in [-0.2, 0) is 0 Å². The third-order valence-corrected chi connectivity index (χ3v) is 8.31. The number of para-hydroxylation sites is 2. The van der Waals surface area contributed by atoms with Gasteiger partial charge in [-0.15, -0.1) is 0 Å². The quantitative estimate of drug-likeness (QED) is 0.218. The zero-order valence-electron chi connectivity index (χ0n) is 23.1. The molecule has 4 nitrogen and oxygen atoms in total. The van der Waals surface area contributed by atoms with Gasteiger partial charge in [-0.1, -0.05) is 78.9 Å². The highest BCUT2D eigenvalue weighted by molar-refractivity contribution is 6.15. The van der Waals surface area contributed by atoms with Crippen molar-refractivity contribution in [2.24, 2.45) is 0 Å². The van der Waals surface area contributed by atoms with Gasteiger partial charge < -0.3 is 13.7 Å². The molecule has 0 aliphatic heterocycles. The Morgan fingerprint density at radius 3 is 2.16 bits per heavy atom. The number of pyridine rings is 1. The van der Waals surface area contributed by atoms with Gasteiger partial charge in [0, 0.05) is 44.5 Å². The van der Waals surface area contributed by atoms with Gasteiger partial charge >= 0.3 is 0 Å². The van der Waals surface area contributed by atoms with Gasteiger partial charge in [-0.25, -0.2) is 4.98 Å². The highest BCUT2D eigenvalue weighted by Gasteiger charge is 2.21. The molecule has 202 valence electrons. The van der Waals surface area contributed by atoms with Crippen molar-refractivity contribution in [3.8, 4) is 11.1 Å². The Hall–Kier alpha value is -5.87. The van der Waals surface area contributed by atoms with Crippen LogP contribution in [-0.4, -0.2) is 4.98 Å². The summed E-state index contributed by atoms with van der Waals surface area (Å²) < 4.78 is 12.8. The van der Waals surface area contributed by atoms with Crippen LogP contribution in [0.15, 0.2) is 155 Å². The Kier molecular flexibility index (Phi) is 5.16. The van der Waals surface area contributed by atoms with Crippen molar-refractivity contribution < 1.29 is 8.83 Å². The number of rotatable bonds is 4. The molecule has 0 saturated heterocycles. The van der Waals surface area contributed by atoms with Crippen LogP contribution in [0.4, 0.5) is 17.1 Å². The molecule has 9 rings (SSSR count). The Morgan fingerprint density at radius 2 is 1.21 bits per heavy atom. The lowest BCUT2D eigenvalue weighted by molar-refractivity contribution is 0.657. The summed E-state index contributed by atoms with van der Waals surface area (Å²) in [4.78, 5) is 6.74. The maximum atomic E-state index is 6.54. The monoisotopic (exact) mass is 552 g/mol. The van der Waals surface area contributed by atoms with Gasteiger partial charge in [0.05, 0.1) is 5.69 Å². The van der Waals surface area contributed by atoms with Gasteiger partial charge in [-0.2, -0.15) is 0 Å². The fourth-order valence-corrected chi connectivity index (χ4v) is 6.31. The van der Waals surface area contributed by atoms with Crippen molar-refractivity contribution in [3.63, 3.8) is 0 Å². The largest absolute Gasteiger partial charge is 0.454 e. The molecule has 0 unspecified atom stereocenters. The summed E-state index contributed by atoms with van der Waals surface area (Å²) >= 11 is 0. The standard InChI is InChI=1S/C39H24N2O2/c1-2-9-25(10-3-1)26-11-6-12-28(23-26)41(35-16-7-14-32-31-13-4-5-17-36(31)42-38(32)35)29-19-21-30-27(24-29)18-20-33-34-15-8-22-40-39(34)43-37(30)33/h1-24H. The number of nitrogens with zero attached hydrogens (tertiary/aromatic N) is 2. The summed E-state index contributed by atoms with van der Waals surface area (Å²) in [5.74, 6) is 0. The maximum absolute atomic E-state index is 6.54. The van der Waals surface area contributed by atoms with E-state index in [0.29, 0.717) is 5.71 Å². The lowest BCUT2D eigenvalue weighted by atomic mass is 10.0. The number of anilines is 3. The van der Waals surface area contributed by atoms with E-state index in [1.807, 2.05) is 24.3 Å². The molecular formula is C39H24N2O2. The van der Waals surface area contributed by atoms with Gasteiger partial charge in [-0.05, 0) is 77.2 Å². The number of hydrogen-bond donors (Lipinski definition) is 0. The van der Waals surface area contributed by atoms with E-state index in [1.54, 1.807) is 6.20 Å². The van der Waals surface area contributed by atoms with Crippen molar-refractivity contribution in [2.75, 3.05) is 4.90 Å². The van der Waals surface area contributed by atoms with Crippen molar-refractivity contribution in [1.29, 1.82) is 0 Å². The zero-order valence-corrected chi connectivity index (χ0v) is 23.1. The average molecular weight is 553 g/mol. The number of fused-ring (bicyclic) bond motifs is 8. The minimum absolute atomic E-state index is 0.657. The number of aromatic nitrogens is 1. The minimum Gasteiger partial charge on any atom is -0.454 e. The number of furan rings is 2. The summed E-state index contributed by atoms with van der Waals surface area (Å²) in [6, 6.07) is 48.6. The molecule has 0 radical (unpaired) electrons. The Bertz CT molecular complexity index is 2470. The molecule has 0 N–H and O–H groups in total. The van der Waals surface area contributed by atoms with Gasteiger partial charge in [0.25, 0.3) is 0 Å². The van der Waals surface area contributed by atoms with Gasteiger partial charge in [0.1, 0.15) is 11.2 Å². The van der Waals surface area contributed by atoms with Crippen LogP contribution in [0.1, 0.15) is 0 Å². The summed E-state index contributed by atoms with van der Waals surface area (Å²) in [5.41, 5.74) is 8.62. The second-order valence-corrected chi connectivity index (χ2v) is 10.8. The molecule has 0 aliphatic rings. The first-order valence-electron chi connectivity index (χ1n) is 14.4. The molecule has 0 spiro atoms. The van der Waals surface area contributed by atoms with Crippen LogP contribution in [0.5, 0.6) is 0 Å². The molecule has 4 heteroatoms. The second-order valence-electron chi connectivity index (χ2n) is 10.8. The topological polar surface area (TPSA) is 42.4 Å². The molecule has 0 atom stereocenters. The van der Waals surface area contributed by atoms with Crippen molar-refractivity contribution >= 4 is 71.8 Å².